The fourth-order valence-electron chi connectivity index (χ4n) is 2.78. The van der Waals surface area contributed by atoms with Crippen LogP contribution in [0.5, 0.6) is 0 Å². The van der Waals surface area contributed by atoms with Crippen LogP contribution < -0.4 is 21.7 Å². The number of urea groups is 1. The molecule has 3 amide bonds. The standard InChI is InChI=1S/C16H24N4O2/c17-10-11-18-14(21)16(8-4-5-9-16)20-15(22)19-12-13-6-2-1-3-7-13/h1-3,6-7H,4-5,8-12,17H2,(H,18,21)(H2,19,20,22). The molecule has 0 radical (unpaired) electrons. The smallest absolute Gasteiger partial charge is 0.315 e. The number of benzene rings is 1. The first kappa shape index (κ1) is 16.3. The summed E-state index contributed by atoms with van der Waals surface area (Å²) in [6.07, 6.45) is 3.22. The average molecular weight is 304 g/mol. The quantitative estimate of drug-likeness (QED) is 0.628. The predicted molar refractivity (Wildman–Crippen MR) is 85.1 cm³/mol. The molecule has 1 aromatic rings. The van der Waals surface area contributed by atoms with Crippen molar-refractivity contribution in [1.82, 2.24) is 16.0 Å². The summed E-state index contributed by atoms with van der Waals surface area (Å²) >= 11 is 0. The minimum atomic E-state index is -0.796. The van der Waals surface area contributed by atoms with Crippen molar-refractivity contribution in [2.45, 2.75) is 37.8 Å². The average Bonchev–Trinajstić information content (AvgIpc) is 3.01. The highest BCUT2D eigenvalue weighted by atomic mass is 16.2. The monoisotopic (exact) mass is 304 g/mol. The molecular formula is C16H24N4O2. The lowest BCUT2D eigenvalue weighted by atomic mass is 9.96. The van der Waals surface area contributed by atoms with E-state index in [9.17, 15) is 9.59 Å². The highest BCUT2D eigenvalue weighted by Crippen LogP contribution is 2.29. The van der Waals surface area contributed by atoms with Crippen LogP contribution in [0, 0.1) is 0 Å². The molecule has 120 valence electrons. The fourth-order valence-corrected chi connectivity index (χ4v) is 2.78. The van der Waals surface area contributed by atoms with Gasteiger partial charge in [-0.25, -0.2) is 4.79 Å². The van der Waals surface area contributed by atoms with Crippen molar-refractivity contribution in [2.24, 2.45) is 5.73 Å². The molecule has 0 saturated heterocycles. The molecule has 2 rings (SSSR count). The normalized spacial score (nSPS) is 16.0. The van der Waals surface area contributed by atoms with Gasteiger partial charge in [0.05, 0.1) is 0 Å². The maximum atomic E-state index is 12.3. The molecule has 1 aliphatic carbocycles. The molecule has 0 unspecified atom stereocenters. The Balaban J connectivity index is 1.90. The van der Waals surface area contributed by atoms with Gasteiger partial charge < -0.3 is 21.7 Å². The van der Waals surface area contributed by atoms with E-state index in [4.69, 9.17) is 5.73 Å². The second-order valence-electron chi connectivity index (χ2n) is 5.63. The van der Waals surface area contributed by atoms with E-state index in [1.807, 2.05) is 30.3 Å². The number of rotatable bonds is 6. The van der Waals surface area contributed by atoms with Crippen LogP contribution in [0.25, 0.3) is 0 Å². The Bertz CT molecular complexity index is 498. The Morgan fingerprint density at radius 3 is 2.41 bits per heavy atom. The number of hydrogen-bond acceptors (Lipinski definition) is 3. The summed E-state index contributed by atoms with van der Waals surface area (Å²) in [5.74, 6) is -0.134. The van der Waals surface area contributed by atoms with E-state index in [-0.39, 0.29) is 11.9 Å². The number of hydrogen-bond donors (Lipinski definition) is 4. The summed E-state index contributed by atoms with van der Waals surface area (Å²) in [6, 6.07) is 9.35. The topological polar surface area (TPSA) is 96.2 Å². The van der Waals surface area contributed by atoms with Gasteiger partial charge in [-0.2, -0.15) is 0 Å². The highest BCUT2D eigenvalue weighted by Gasteiger charge is 2.42. The van der Waals surface area contributed by atoms with Crippen LogP contribution in [0.3, 0.4) is 0 Å². The van der Waals surface area contributed by atoms with E-state index in [0.717, 1.165) is 18.4 Å². The van der Waals surface area contributed by atoms with Gasteiger partial charge in [-0.3, -0.25) is 4.79 Å². The molecule has 1 aliphatic rings. The van der Waals surface area contributed by atoms with E-state index in [1.54, 1.807) is 0 Å². The lowest BCUT2D eigenvalue weighted by molar-refractivity contribution is -0.127. The maximum absolute atomic E-state index is 12.3. The molecule has 22 heavy (non-hydrogen) atoms. The molecule has 0 spiro atoms. The lowest BCUT2D eigenvalue weighted by Crippen LogP contribution is -2.59. The SMILES string of the molecule is NCCNC(=O)C1(NC(=O)NCc2ccccc2)CCCC1. The second kappa shape index (κ2) is 7.79. The van der Waals surface area contributed by atoms with Crippen LogP contribution in [0.1, 0.15) is 31.2 Å². The Kier molecular flexibility index (Phi) is 5.77. The Hall–Kier alpha value is -2.08. The Morgan fingerprint density at radius 1 is 1.09 bits per heavy atom. The van der Waals surface area contributed by atoms with E-state index >= 15 is 0 Å². The Morgan fingerprint density at radius 2 is 1.77 bits per heavy atom. The van der Waals surface area contributed by atoms with Gasteiger partial charge in [0, 0.05) is 19.6 Å². The van der Waals surface area contributed by atoms with Gasteiger partial charge in [0.15, 0.2) is 0 Å². The third-order valence-electron chi connectivity index (χ3n) is 3.97. The molecule has 6 heteroatoms. The van der Waals surface area contributed by atoms with E-state index < -0.39 is 5.54 Å². The zero-order chi connectivity index (χ0) is 15.8. The first-order chi connectivity index (χ1) is 10.7. The van der Waals surface area contributed by atoms with Crippen molar-refractivity contribution in [2.75, 3.05) is 13.1 Å². The van der Waals surface area contributed by atoms with Gasteiger partial charge in [0.2, 0.25) is 5.91 Å². The fraction of sp³-hybridized carbons (Fsp3) is 0.500. The molecular weight excluding hydrogens is 280 g/mol. The first-order valence-electron chi connectivity index (χ1n) is 7.74. The third kappa shape index (κ3) is 4.21. The van der Waals surface area contributed by atoms with E-state index in [1.165, 1.54) is 0 Å². The van der Waals surface area contributed by atoms with Gasteiger partial charge >= 0.3 is 6.03 Å². The number of carbonyl (C=O) groups excluding carboxylic acids is 2. The Labute approximate surface area is 130 Å². The van der Waals surface area contributed by atoms with Crippen molar-refractivity contribution < 1.29 is 9.59 Å². The predicted octanol–water partition coefficient (Wildman–Crippen LogP) is 0.874. The van der Waals surface area contributed by atoms with Crippen LogP contribution in [0.15, 0.2) is 30.3 Å². The van der Waals surface area contributed by atoms with E-state index in [2.05, 4.69) is 16.0 Å². The zero-order valence-electron chi connectivity index (χ0n) is 12.7. The first-order valence-corrected chi connectivity index (χ1v) is 7.74. The van der Waals surface area contributed by atoms with Crippen LogP contribution >= 0.6 is 0 Å². The van der Waals surface area contributed by atoms with Crippen molar-refractivity contribution in [3.8, 4) is 0 Å². The van der Waals surface area contributed by atoms with E-state index in [0.29, 0.717) is 32.5 Å². The van der Waals surface area contributed by atoms with Crippen molar-refractivity contribution in [3.05, 3.63) is 35.9 Å². The van der Waals surface area contributed by atoms with Gasteiger partial charge in [-0.1, -0.05) is 43.2 Å². The molecule has 1 saturated carbocycles. The molecule has 0 aromatic heterocycles. The molecule has 1 fully saturated rings. The lowest BCUT2D eigenvalue weighted by Gasteiger charge is -2.29. The zero-order valence-corrected chi connectivity index (χ0v) is 12.7. The minimum Gasteiger partial charge on any atom is -0.353 e. The summed E-state index contributed by atoms with van der Waals surface area (Å²) in [7, 11) is 0. The van der Waals surface area contributed by atoms with Crippen LogP contribution in [0.4, 0.5) is 4.79 Å². The van der Waals surface area contributed by atoms with Crippen molar-refractivity contribution >= 4 is 11.9 Å². The largest absolute Gasteiger partial charge is 0.353 e. The molecule has 6 nitrogen and oxygen atoms in total. The van der Waals surface area contributed by atoms with Gasteiger partial charge in [0.25, 0.3) is 0 Å². The number of amides is 3. The number of carbonyl (C=O) groups is 2. The van der Waals surface area contributed by atoms with Crippen LogP contribution in [-0.2, 0) is 11.3 Å². The molecule has 0 heterocycles. The third-order valence-corrected chi connectivity index (χ3v) is 3.97. The second-order valence-corrected chi connectivity index (χ2v) is 5.63. The maximum Gasteiger partial charge on any atom is 0.315 e. The van der Waals surface area contributed by atoms with Crippen LogP contribution in [-0.4, -0.2) is 30.6 Å². The van der Waals surface area contributed by atoms with Gasteiger partial charge in [-0.05, 0) is 18.4 Å². The number of nitrogens with two attached hydrogens (primary N) is 1. The minimum absolute atomic E-state index is 0.134. The summed E-state index contributed by atoms with van der Waals surface area (Å²) in [5.41, 5.74) is 5.64. The summed E-state index contributed by atoms with van der Waals surface area (Å²) in [4.78, 5) is 24.5. The molecule has 0 aliphatic heterocycles. The molecule has 5 N–H and O–H groups in total. The summed E-state index contributed by atoms with van der Waals surface area (Å²) in [5, 5.41) is 8.46. The van der Waals surface area contributed by atoms with Crippen molar-refractivity contribution in [3.63, 3.8) is 0 Å². The number of nitrogens with one attached hydrogen (secondary N) is 3. The van der Waals surface area contributed by atoms with Crippen molar-refractivity contribution in [1.29, 1.82) is 0 Å². The summed E-state index contributed by atoms with van der Waals surface area (Å²) in [6.45, 7) is 1.25. The van der Waals surface area contributed by atoms with Gasteiger partial charge in [-0.15, -0.1) is 0 Å². The van der Waals surface area contributed by atoms with Crippen LogP contribution in [0.2, 0.25) is 0 Å². The summed E-state index contributed by atoms with van der Waals surface area (Å²) < 4.78 is 0. The van der Waals surface area contributed by atoms with Gasteiger partial charge in [0.1, 0.15) is 5.54 Å². The molecule has 0 atom stereocenters. The molecule has 0 bridgehead atoms. The highest BCUT2D eigenvalue weighted by molar-refractivity contribution is 5.91. The molecule has 1 aromatic carbocycles.